The number of carbonyl (C=O) groups excluding carboxylic acids is 2. The average molecular weight is 169 g/mol. The third kappa shape index (κ3) is 5.16. The van der Waals surface area contributed by atoms with Gasteiger partial charge >= 0.3 is 6.03 Å². The van der Waals surface area contributed by atoms with Crippen molar-refractivity contribution in [2.45, 2.75) is 13.8 Å². The molecule has 1 aromatic heterocycles. The Bertz CT molecular complexity index is 250. The summed E-state index contributed by atoms with van der Waals surface area (Å²) in [5.74, 6) is 0.167. The Morgan fingerprint density at radius 2 is 1.92 bits per heavy atom. The summed E-state index contributed by atoms with van der Waals surface area (Å²) in [6, 6.07) is -0.512. The van der Waals surface area contributed by atoms with Gasteiger partial charge in [-0.2, -0.15) is 0 Å². The Morgan fingerprint density at radius 1 is 1.42 bits per heavy atom. The molecule has 0 saturated carbocycles. The molecule has 0 radical (unpaired) electrons. The van der Waals surface area contributed by atoms with Gasteiger partial charge in [0, 0.05) is 12.4 Å². The standard InChI is InChI=1S/C4H5N3O.C3H6O/c5-4(8)7-2-1-6-3-7;1-3(2)4/h1-3H,(H2,5,8);1-2H3. The summed E-state index contributed by atoms with van der Waals surface area (Å²) in [6.07, 6.45) is 4.33. The molecule has 0 bridgehead atoms. The topological polar surface area (TPSA) is 78.0 Å². The Balaban J connectivity index is 0.000000261. The normalized spacial score (nSPS) is 8.17. The van der Waals surface area contributed by atoms with Crippen LogP contribution in [0, 0.1) is 0 Å². The van der Waals surface area contributed by atoms with E-state index in [1.807, 2.05) is 0 Å². The summed E-state index contributed by atoms with van der Waals surface area (Å²) in [6.45, 7) is 3.06. The molecular weight excluding hydrogens is 158 g/mol. The Kier molecular flexibility index (Phi) is 4.36. The van der Waals surface area contributed by atoms with E-state index in [-0.39, 0.29) is 5.78 Å². The molecule has 0 aliphatic carbocycles. The first-order chi connectivity index (χ1) is 5.54. The first-order valence-electron chi connectivity index (χ1n) is 3.29. The van der Waals surface area contributed by atoms with Crippen LogP contribution in [0.4, 0.5) is 4.79 Å². The van der Waals surface area contributed by atoms with Gasteiger partial charge in [0.2, 0.25) is 0 Å². The molecule has 0 aromatic carbocycles. The van der Waals surface area contributed by atoms with Crippen LogP contribution in [-0.2, 0) is 4.79 Å². The summed E-state index contributed by atoms with van der Waals surface area (Å²) in [4.78, 5) is 23.3. The zero-order valence-electron chi connectivity index (χ0n) is 7.02. The molecule has 5 nitrogen and oxygen atoms in total. The van der Waals surface area contributed by atoms with Crippen molar-refractivity contribution in [2.24, 2.45) is 5.73 Å². The van der Waals surface area contributed by atoms with Crippen molar-refractivity contribution in [1.82, 2.24) is 9.55 Å². The lowest BCUT2D eigenvalue weighted by Gasteiger charge is -1.87. The van der Waals surface area contributed by atoms with Crippen LogP contribution in [0.2, 0.25) is 0 Å². The van der Waals surface area contributed by atoms with Gasteiger partial charge in [0.15, 0.2) is 0 Å². The van der Waals surface area contributed by atoms with Crippen LogP contribution >= 0.6 is 0 Å². The van der Waals surface area contributed by atoms with Crippen molar-refractivity contribution < 1.29 is 9.59 Å². The molecule has 0 aliphatic heterocycles. The van der Waals surface area contributed by atoms with Gasteiger partial charge in [-0.1, -0.05) is 0 Å². The Hall–Kier alpha value is -1.65. The lowest BCUT2D eigenvalue weighted by molar-refractivity contribution is -0.114. The second-order valence-corrected chi connectivity index (χ2v) is 2.22. The molecule has 0 aliphatic rings. The van der Waals surface area contributed by atoms with Gasteiger partial charge in [-0.15, -0.1) is 0 Å². The van der Waals surface area contributed by atoms with Crippen molar-refractivity contribution in [3.63, 3.8) is 0 Å². The minimum Gasteiger partial charge on any atom is -0.351 e. The maximum atomic E-state index is 10.2. The number of nitrogens with zero attached hydrogens (tertiary/aromatic N) is 2. The molecule has 0 spiro atoms. The number of carbonyl (C=O) groups is 2. The smallest absolute Gasteiger partial charge is 0.324 e. The summed E-state index contributed by atoms with van der Waals surface area (Å²) >= 11 is 0. The maximum Gasteiger partial charge on any atom is 0.324 e. The van der Waals surface area contributed by atoms with Crippen LogP contribution < -0.4 is 5.73 Å². The highest BCUT2D eigenvalue weighted by molar-refractivity contribution is 5.74. The van der Waals surface area contributed by atoms with E-state index in [1.165, 1.54) is 37.1 Å². The van der Waals surface area contributed by atoms with Crippen molar-refractivity contribution in [1.29, 1.82) is 0 Å². The van der Waals surface area contributed by atoms with E-state index in [2.05, 4.69) is 4.98 Å². The SMILES string of the molecule is CC(C)=O.NC(=O)n1ccnc1. The van der Waals surface area contributed by atoms with Gasteiger partial charge in [0.25, 0.3) is 0 Å². The van der Waals surface area contributed by atoms with Gasteiger partial charge < -0.3 is 10.5 Å². The van der Waals surface area contributed by atoms with E-state index in [4.69, 9.17) is 5.73 Å². The van der Waals surface area contributed by atoms with Crippen molar-refractivity contribution in [3.05, 3.63) is 18.7 Å². The van der Waals surface area contributed by atoms with Crippen LogP contribution in [0.15, 0.2) is 18.7 Å². The third-order valence-electron chi connectivity index (χ3n) is 0.759. The quantitative estimate of drug-likeness (QED) is 0.610. The van der Waals surface area contributed by atoms with Gasteiger partial charge in [0.1, 0.15) is 12.1 Å². The molecule has 1 aromatic rings. The van der Waals surface area contributed by atoms with Gasteiger partial charge in [-0.3, -0.25) is 4.57 Å². The number of imidazole rings is 1. The summed E-state index contributed by atoms with van der Waals surface area (Å²) < 4.78 is 1.19. The number of primary amides is 1. The van der Waals surface area contributed by atoms with E-state index in [9.17, 15) is 9.59 Å². The van der Waals surface area contributed by atoms with Crippen LogP contribution in [0.5, 0.6) is 0 Å². The van der Waals surface area contributed by atoms with Gasteiger partial charge in [-0.25, -0.2) is 9.78 Å². The highest BCUT2D eigenvalue weighted by Gasteiger charge is 1.91. The van der Waals surface area contributed by atoms with Crippen LogP contribution in [-0.4, -0.2) is 21.4 Å². The van der Waals surface area contributed by atoms with E-state index >= 15 is 0 Å². The predicted octanol–water partition coefficient (Wildman–Crippen LogP) is 0.405. The monoisotopic (exact) mass is 169 g/mol. The lowest BCUT2D eigenvalue weighted by atomic mass is 10.6. The summed E-state index contributed by atoms with van der Waals surface area (Å²) in [7, 11) is 0. The molecule has 0 saturated heterocycles. The number of aromatic nitrogens is 2. The minimum absolute atomic E-state index is 0.167. The highest BCUT2D eigenvalue weighted by Crippen LogP contribution is 1.79. The molecule has 0 fully saturated rings. The second-order valence-electron chi connectivity index (χ2n) is 2.22. The van der Waals surface area contributed by atoms with Crippen molar-refractivity contribution >= 4 is 11.8 Å². The van der Waals surface area contributed by atoms with E-state index < -0.39 is 6.03 Å². The number of hydrogen-bond donors (Lipinski definition) is 1. The fourth-order valence-corrected chi connectivity index (χ4v) is 0.389. The molecule has 1 rings (SSSR count). The van der Waals surface area contributed by atoms with Gasteiger partial charge in [0.05, 0.1) is 0 Å². The summed E-state index contributed by atoms with van der Waals surface area (Å²) in [5, 5.41) is 0. The van der Waals surface area contributed by atoms with Gasteiger partial charge in [-0.05, 0) is 13.8 Å². The minimum atomic E-state index is -0.512. The Labute approximate surface area is 70.2 Å². The predicted molar refractivity (Wildman–Crippen MR) is 43.6 cm³/mol. The molecule has 1 amide bonds. The third-order valence-corrected chi connectivity index (χ3v) is 0.759. The molecule has 5 heteroatoms. The fourth-order valence-electron chi connectivity index (χ4n) is 0.389. The maximum absolute atomic E-state index is 10.2. The molecule has 0 unspecified atom stereocenters. The number of Topliss-reactive ketones (excluding diaryl/α,β-unsaturated/α-hetero) is 1. The number of nitrogens with two attached hydrogens (primary N) is 1. The van der Waals surface area contributed by atoms with E-state index in [1.54, 1.807) is 0 Å². The van der Waals surface area contributed by atoms with E-state index in [0.717, 1.165) is 0 Å². The zero-order valence-corrected chi connectivity index (χ0v) is 7.02. The van der Waals surface area contributed by atoms with Crippen LogP contribution in [0.25, 0.3) is 0 Å². The first-order valence-corrected chi connectivity index (χ1v) is 3.29. The molecule has 66 valence electrons. The second kappa shape index (κ2) is 5.06. The Morgan fingerprint density at radius 3 is 2.08 bits per heavy atom. The molecular formula is C7H11N3O2. The fraction of sp³-hybridized carbons (Fsp3) is 0.286. The molecule has 12 heavy (non-hydrogen) atoms. The summed E-state index contributed by atoms with van der Waals surface area (Å²) in [5.41, 5.74) is 4.84. The number of amides is 1. The molecule has 0 atom stereocenters. The highest BCUT2D eigenvalue weighted by atomic mass is 16.2. The van der Waals surface area contributed by atoms with Crippen LogP contribution in [0.3, 0.4) is 0 Å². The average Bonchev–Trinajstić information content (AvgIpc) is 2.34. The number of rotatable bonds is 0. The van der Waals surface area contributed by atoms with E-state index in [0.29, 0.717) is 0 Å². The molecule has 2 N–H and O–H groups in total. The van der Waals surface area contributed by atoms with Crippen LogP contribution in [0.1, 0.15) is 13.8 Å². The first kappa shape index (κ1) is 10.3. The number of ketones is 1. The largest absolute Gasteiger partial charge is 0.351 e. The van der Waals surface area contributed by atoms with Crippen molar-refractivity contribution in [2.75, 3.05) is 0 Å². The zero-order chi connectivity index (χ0) is 9.56. The lowest BCUT2D eigenvalue weighted by Crippen LogP contribution is -2.17. The van der Waals surface area contributed by atoms with Crippen molar-refractivity contribution in [3.8, 4) is 0 Å². The molecule has 1 heterocycles. The number of hydrogen-bond acceptors (Lipinski definition) is 3.